The van der Waals surface area contributed by atoms with E-state index >= 15 is 0 Å². The molecule has 1 aromatic rings. The lowest BCUT2D eigenvalue weighted by Gasteiger charge is -2.22. The maximum Gasteiger partial charge on any atom is 0.0669 e. The van der Waals surface area contributed by atoms with Gasteiger partial charge in [0.2, 0.25) is 0 Å². The van der Waals surface area contributed by atoms with Crippen LogP contribution in [0, 0.1) is 17.8 Å². The van der Waals surface area contributed by atoms with Crippen molar-refractivity contribution in [2.45, 2.75) is 65.5 Å². The van der Waals surface area contributed by atoms with Crippen LogP contribution in [0.2, 0.25) is 0 Å². The molecule has 1 heterocycles. The summed E-state index contributed by atoms with van der Waals surface area (Å²) in [7, 11) is 2.03. The molecule has 2 fully saturated rings. The van der Waals surface area contributed by atoms with Gasteiger partial charge in [0.25, 0.3) is 0 Å². The molecule has 3 heteroatoms. The average Bonchev–Trinajstić information content (AvgIpc) is 3.13. The first kappa shape index (κ1) is 14.1. The smallest absolute Gasteiger partial charge is 0.0669 e. The zero-order chi connectivity index (χ0) is 14.1. The molecule has 0 radical (unpaired) electrons. The summed E-state index contributed by atoms with van der Waals surface area (Å²) in [5, 5.41) is 8.26. The Morgan fingerprint density at radius 3 is 2.60 bits per heavy atom. The van der Waals surface area contributed by atoms with Crippen LogP contribution in [0.15, 0.2) is 0 Å². The third kappa shape index (κ3) is 2.41. The Balaban J connectivity index is 1.81. The Bertz CT molecular complexity index is 463. The van der Waals surface area contributed by atoms with Gasteiger partial charge in [-0.05, 0) is 56.9 Å². The van der Waals surface area contributed by atoms with E-state index in [0.717, 1.165) is 37.1 Å². The molecule has 3 unspecified atom stereocenters. The van der Waals surface area contributed by atoms with Gasteiger partial charge < -0.3 is 5.32 Å². The number of nitrogens with one attached hydrogen (secondary N) is 1. The summed E-state index contributed by atoms with van der Waals surface area (Å²) in [4.78, 5) is 0. The third-order valence-electron chi connectivity index (χ3n) is 5.57. The molecule has 3 atom stereocenters. The van der Waals surface area contributed by atoms with E-state index in [9.17, 15) is 0 Å². The summed E-state index contributed by atoms with van der Waals surface area (Å²) in [5.74, 6) is 2.92. The van der Waals surface area contributed by atoms with Crippen molar-refractivity contribution >= 4 is 0 Å². The topological polar surface area (TPSA) is 29.9 Å². The number of nitrogens with zero attached hydrogens (tertiary/aromatic N) is 2. The first-order valence-corrected chi connectivity index (χ1v) is 8.48. The minimum Gasteiger partial charge on any atom is -0.316 e. The Morgan fingerprint density at radius 2 is 2.05 bits per heavy atom. The van der Waals surface area contributed by atoms with Gasteiger partial charge in [-0.25, -0.2) is 0 Å². The molecule has 3 rings (SSSR count). The van der Waals surface area contributed by atoms with Gasteiger partial charge in [-0.2, -0.15) is 5.10 Å². The van der Waals surface area contributed by atoms with E-state index in [1.165, 1.54) is 49.2 Å². The minimum absolute atomic E-state index is 0.895. The second-order valence-corrected chi connectivity index (χ2v) is 6.73. The first-order valence-electron chi connectivity index (χ1n) is 8.48. The third-order valence-corrected chi connectivity index (χ3v) is 5.57. The standard InChI is InChI=1S/C17H29N3/c1-4-16-15(10-18-3)17(5-2)20(19-16)11-14-9-12-6-7-13(14)8-12/h12-14,18H,4-11H2,1-3H3. The van der Waals surface area contributed by atoms with Crippen LogP contribution in [0.4, 0.5) is 0 Å². The number of rotatable bonds is 6. The Hall–Kier alpha value is -0.830. The number of aromatic nitrogens is 2. The lowest BCUT2D eigenvalue weighted by molar-refractivity contribution is 0.282. The van der Waals surface area contributed by atoms with Crippen molar-refractivity contribution in [2.75, 3.05) is 7.05 Å². The van der Waals surface area contributed by atoms with Gasteiger partial charge in [0.15, 0.2) is 0 Å². The van der Waals surface area contributed by atoms with Gasteiger partial charge in [0, 0.05) is 24.3 Å². The van der Waals surface area contributed by atoms with Gasteiger partial charge in [0.1, 0.15) is 0 Å². The van der Waals surface area contributed by atoms with Crippen LogP contribution in [-0.4, -0.2) is 16.8 Å². The van der Waals surface area contributed by atoms with Crippen molar-refractivity contribution in [2.24, 2.45) is 17.8 Å². The first-order chi connectivity index (χ1) is 9.76. The molecule has 0 aromatic carbocycles. The lowest BCUT2D eigenvalue weighted by atomic mass is 9.89. The molecule has 0 spiro atoms. The average molecular weight is 275 g/mol. The van der Waals surface area contributed by atoms with Gasteiger partial charge in [0.05, 0.1) is 5.69 Å². The zero-order valence-corrected chi connectivity index (χ0v) is 13.3. The zero-order valence-electron chi connectivity index (χ0n) is 13.3. The molecule has 112 valence electrons. The summed E-state index contributed by atoms with van der Waals surface area (Å²) in [6.07, 6.45) is 8.07. The van der Waals surface area contributed by atoms with Crippen molar-refractivity contribution in [3.05, 3.63) is 17.0 Å². The molecule has 2 aliphatic rings. The molecule has 0 amide bonds. The number of hydrogen-bond acceptors (Lipinski definition) is 2. The summed E-state index contributed by atoms with van der Waals surface area (Å²) < 4.78 is 2.36. The largest absolute Gasteiger partial charge is 0.316 e. The summed E-state index contributed by atoms with van der Waals surface area (Å²) in [5.41, 5.74) is 4.24. The molecule has 0 aliphatic heterocycles. The van der Waals surface area contributed by atoms with E-state index in [2.05, 4.69) is 23.8 Å². The minimum atomic E-state index is 0.895. The fourth-order valence-electron chi connectivity index (χ4n) is 4.62. The maximum atomic E-state index is 4.94. The van der Waals surface area contributed by atoms with E-state index < -0.39 is 0 Å². The van der Waals surface area contributed by atoms with Crippen molar-refractivity contribution in [1.29, 1.82) is 0 Å². The van der Waals surface area contributed by atoms with Crippen LogP contribution in [0.1, 0.15) is 56.5 Å². The molecule has 0 saturated heterocycles. The molecule has 1 N–H and O–H groups in total. The van der Waals surface area contributed by atoms with Crippen LogP contribution in [0.5, 0.6) is 0 Å². The highest BCUT2D eigenvalue weighted by Crippen LogP contribution is 2.48. The van der Waals surface area contributed by atoms with E-state index in [-0.39, 0.29) is 0 Å². The van der Waals surface area contributed by atoms with Gasteiger partial charge in [-0.1, -0.05) is 20.3 Å². The quantitative estimate of drug-likeness (QED) is 0.864. The molecule has 2 aliphatic carbocycles. The van der Waals surface area contributed by atoms with Gasteiger partial charge in [-0.3, -0.25) is 4.68 Å². The SMILES string of the molecule is CCc1nn(CC2CC3CCC2C3)c(CC)c1CNC. The van der Waals surface area contributed by atoms with E-state index in [1.807, 2.05) is 7.05 Å². The second kappa shape index (κ2) is 5.88. The van der Waals surface area contributed by atoms with Crippen LogP contribution in [0.25, 0.3) is 0 Å². The van der Waals surface area contributed by atoms with E-state index in [4.69, 9.17) is 5.10 Å². The fourth-order valence-corrected chi connectivity index (χ4v) is 4.62. The molecule has 1 aromatic heterocycles. The molecule has 2 bridgehead atoms. The van der Waals surface area contributed by atoms with Gasteiger partial charge in [-0.15, -0.1) is 0 Å². The van der Waals surface area contributed by atoms with E-state index in [0.29, 0.717) is 0 Å². The Morgan fingerprint density at radius 1 is 1.20 bits per heavy atom. The Labute approximate surface area is 123 Å². The molecule has 3 nitrogen and oxygen atoms in total. The van der Waals surface area contributed by atoms with Crippen molar-refractivity contribution < 1.29 is 0 Å². The maximum absolute atomic E-state index is 4.94. The highest BCUT2D eigenvalue weighted by Gasteiger charge is 2.39. The molecule has 2 saturated carbocycles. The summed E-state index contributed by atoms with van der Waals surface area (Å²) in [6.45, 7) is 6.62. The van der Waals surface area contributed by atoms with E-state index in [1.54, 1.807) is 0 Å². The number of aryl methyl sites for hydroxylation is 1. The highest BCUT2D eigenvalue weighted by molar-refractivity contribution is 5.26. The molecular formula is C17H29N3. The molecule has 20 heavy (non-hydrogen) atoms. The van der Waals surface area contributed by atoms with Crippen molar-refractivity contribution in [3.63, 3.8) is 0 Å². The van der Waals surface area contributed by atoms with Gasteiger partial charge >= 0.3 is 0 Å². The Kier molecular flexibility index (Phi) is 4.16. The summed E-state index contributed by atoms with van der Waals surface area (Å²) >= 11 is 0. The molecular weight excluding hydrogens is 246 g/mol. The van der Waals surface area contributed by atoms with Crippen LogP contribution in [-0.2, 0) is 25.9 Å². The van der Waals surface area contributed by atoms with Crippen LogP contribution >= 0.6 is 0 Å². The van der Waals surface area contributed by atoms with Crippen LogP contribution < -0.4 is 5.32 Å². The predicted molar refractivity (Wildman–Crippen MR) is 82.7 cm³/mol. The predicted octanol–water partition coefficient (Wildman–Crippen LogP) is 3.16. The monoisotopic (exact) mass is 275 g/mol. The second-order valence-electron chi connectivity index (χ2n) is 6.73. The lowest BCUT2D eigenvalue weighted by Crippen LogP contribution is -2.20. The van der Waals surface area contributed by atoms with Crippen molar-refractivity contribution in [1.82, 2.24) is 15.1 Å². The normalized spacial score (nSPS) is 28.4. The highest BCUT2D eigenvalue weighted by atomic mass is 15.3. The van der Waals surface area contributed by atoms with Crippen molar-refractivity contribution in [3.8, 4) is 0 Å². The number of hydrogen-bond donors (Lipinski definition) is 1. The van der Waals surface area contributed by atoms with Crippen LogP contribution in [0.3, 0.4) is 0 Å². The summed E-state index contributed by atoms with van der Waals surface area (Å²) in [6, 6.07) is 0. The fraction of sp³-hybridized carbons (Fsp3) is 0.824. The number of fused-ring (bicyclic) bond motifs is 2.